The second-order valence-electron chi connectivity index (χ2n) is 9.90. The Morgan fingerprint density at radius 1 is 1.23 bits per heavy atom. The SMILES string of the molecule is COc1ccc([C@@H]2SCC(=O)N(CC(=O)NCCN(C)C)c3c2c(C(C)(C)C)nn3C)cc1OC. The molecule has 0 unspecified atom stereocenters. The molecule has 2 aromatic rings. The number of anilines is 1. The first-order valence-electron chi connectivity index (χ1n) is 11.6. The minimum Gasteiger partial charge on any atom is -0.493 e. The Labute approximate surface area is 212 Å². The van der Waals surface area contributed by atoms with Crippen molar-refractivity contribution in [3.8, 4) is 11.5 Å². The first-order valence-corrected chi connectivity index (χ1v) is 12.7. The zero-order valence-corrected chi connectivity index (χ0v) is 22.8. The standard InChI is InChI=1S/C25H37N5O4S/c1-25(2,3)23-21-22(16-9-10-17(33-7)18(13-16)34-8)35-15-20(32)30(24(21)29(6)27-23)14-19(31)26-11-12-28(4)5/h9-10,13,22H,11-12,14-15H2,1-8H3,(H,26,31)/t22-/m0/s1. The third-order valence-corrected chi connectivity index (χ3v) is 7.10. The third-order valence-electron chi connectivity index (χ3n) is 5.85. The predicted molar refractivity (Wildman–Crippen MR) is 140 cm³/mol. The second kappa shape index (κ2) is 10.9. The number of hydrogen-bond acceptors (Lipinski definition) is 7. The predicted octanol–water partition coefficient (Wildman–Crippen LogP) is 2.58. The number of benzene rings is 1. The van der Waals surface area contributed by atoms with Crippen LogP contribution in [0.5, 0.6) is 11.5 Å². The molecular formula is C25H37N5O4S. The number of nitrogens with zero attached hydrogens (tertiary/aromatic N) is 4. The minimum absolute atomic E-state index is 0.0540. The Balaban J connectivity index is 2.09. The fourth-order valence-electron chi connectivity index (χ4n) is 4.14. The average molecular weight is 504 g/mol. The van der Waals surface area contributed by atoms with Crippen molar-refractivity contribution < 1.29 is 19.1 Å². The van der Waals surface area contributed by atoms with Gasteiger partial charge in [0.25, 0.3) is 0 Å². The quantitative estimate of drug-likeness (QED) is 0.592. The largest absolute Gasteiger partial charge is 0.493 e. The summed E-state index contributed by atoms with van der Waals surface area (Å²) >= 11 is 1.54. The van der Waals surface area contributed by atoms with Crippen LogP contribution in [0.2, 0.25) is 0 Å². The molecular weight excluding hydrogens is 466 g/mol. The summed E-state index contributed by atoms with van der Waals surface area (Å²) in [6, 6.07) is 5.83. The summed E-state index contributed by atoms with van der Waals surface area (Å²) in [5, 5.41) is 7.60. The van der Waals surface area contributed by atoms with E-state index < -0.39 is 0 Å². The number of nitrogens with one attached hydrogen (secondary N) is 1. The van der Waals surface area contributed by atoms with Gasteiger partial charge in [-0.05, 0) is 31.8 Å². The van der Waals surface area contributed by atoms with E-state index in [1.807, 2.05) is 44.2 Å². The molecule has 1 aliphatic heterocycles. The fraction of sp³-hybridized carbons (Fsp3) is 0.560. The normalized spacial score (nSPS) is 16.2. The lowest BCUT2D eigenvalue weighted by atomic mass is 9.87. The van der Waals surface area contributed by atoms with Crippen LogP contribution in [0, 0.1) is 0 Å². The highest BCUT2D eigenvalue weighted by Crippen LogP contribution is 2.48. The number of likely N-dealkylation sites (N-methyl/N-ethyl adjacent to an activating group) is 1. The van der Waals surface area contributed by atoms with E-state index in [4.69, 9.17) is 14.6 Å². The van der Waals surface area contributed by atoms with Gasteiger partial charge in [0.2, 0.25) is 11.8 Å². The van der Waals surface area contributed by atoms with Crippen molar-refractivity contribution in [1.82, 2.24) is 20.0 Å². The Kier molecular flexibility index (Phi) is 8.38. The van der Waals surface area contributed by atoms with Crippen molar-refractivity contribution in [3.05, 3.63) is 35.0 Å². The zero-order chi connectivity index (χ0) is 25.9. The molecule has 0 bridgehead atoms. The molecule has 0 saturated carbocycles. The first kappa shape index (κ1) is 26.9. The number of hydrogen-bond donors (Lipinski definition) is 1. The van der Waals surface area contributed by atoms with Crippen LogP contribution in [0.4, 0.5) is 5.82 Å². The zero-order valence-electron chi connectivity index (χ0n) is 22.0. The van der Waals surface area contributed by atoms with Gasteiger partial charge in [-0.25, -0.2) is 0 Å². The summed E-state index contributed by atoms with van der Waals surface area (Å²) in [6.07, 6.45) is 0. The van der Waals surface area contributed by atoms with Crippen LogP contribution in [0.25, 0.3) is 0 Å². The van der Waals surface area contributed by atoms with Crippen LogP contribution in [-0.4, -0.2) is 80.2 Å². The van der Waals surface area contributed by atoms with Gasteiger partial charge in [-0.1, -0.05) is 26.8 Å². The molecule has 3 rings (SSSR count). The van der Waals surface area contributed by atoms with Gasteiger partial charge in [-0.15, -0.1) is 11.8 Å². The molecule has 2 heterocycles. The van der Waals surface area contributed by atoms with Crippen molar-refractivity contribution in [3.63, 3.8) is 0 Å². The number of thioether (sulfide) groups is 1. The van der Waals surface area contributed by atoms with Crippen LogP contribution in [0.1, 0.15) is 42.8 Å². The topological polar surface area (TPSA) is 88.9 Å². The number of rotatable bonds is 8. The number of methoxy groups -OCH3 is 2. The molecule has 0 radical (unpaired) electrons. The van der Waals surface area contributed by atoms with E-state index in [2.05, 4.69) is 26.1 Å². The lowest BCUT2D eigenvalue weighted by Gasteiger charge is -2.24. The van der Waals surface area contributed by atoms with E-state index in [9.17, 15) is 9.59 Å². The summed E-state index contributed by atoms with van der Waals surface area (Å²) in [5.74, 6) is 1.85. The number of carbonyl (C=O) groups is 2. The molecule has 0 saturated heterocycles. The van der Waals surface area contributed by atoms with Gasteiger partial charge < -0.3 is 19.7 Å². The molecule has 1 aromatic carbocycles. The van der Waals surface area contributed by atoms with E-state index in [0.717, 1.165) is 23.4 Å². The molecule has 9 nitrogen and oxygen atoms in total. The van der Waals surface area contributed by atoms with Crippen LogP contribution in [0.3, 0.4) is 0 Å². The molecule has 192 valence electrons. The van der Waals surface area contributed by atoms with E-state index in [0.29, 0.717) is 23.9 Å². The Morgan fingerprint density at radius 3 is 2.51 bits per heavy atom. The van der Waals surface area contributed by atoms with Gasteiger partial charge in [0.1, 0.15) is 12.4 Å². The number of fused-ring (bicyclic) bond motifs is 1. The lowest BCUT2D eigenvalue weighted by Crippen LogP contribution is -2.43. The second-order valence-corrected chi connectivity index (χ2v) is 11.0. The van der Waals surface area contributed by atoms with Crippen molar-refractivity contribution in [1.29, 1.82) is 0 Å². The van der Waals surface area contributed by atoms with Crippen molar-refractivity contribution in [2.24, 2.45) is 7.05 Å². The van der Waals surface area contributed by atoms with Crippen LogP contribution >= 0.6 is 11.8 Å². The molecule has 1 aromatic heterocycles. The van der Waals surface area contributed by atoms with Gasteiger partial charge in [0.15, 0.2) is 11.5 Å². The number of carbonyl (C=O) groups excluding carboxylic acids is 2. The Hall–Kier alpha value is -2.72. The van der Waals surface area contributed by atoms with E-state index in [1.54, 1.807) is 23.8 Å². The molecule has 0 aliphatic carbocycles. The van der Waals surface area contributed by atoms with Gasteiger partial charge in [0.05, 0.1) is 30.9 Å². The summed E-state index contributed by atoms with van der Waals surface area (Å²) in [6.45, 7) is 7.51. The highest BCUT2D eigenvalue weighted by atomic mass is 32.2. The third kappa shape index (κ3) is 5.92. The Bertz CT molecular complexity index is 1080. The summed E-state index contributed by atoms with van der Waals surface area (Å²) in [7, 11) is 8.95. The van der Waals surface area contributed by atoms with Gasteiger partial charge >= 0.3 is 0 Å². The van der Waals surface area contributed by atoms with Crippen molar-refractivity contribution in [2.45, 2.75) is 31.4 Å². The van der Waals surface area contributed by atoms with Crippen LogP contribution in [-0.2, 0) is 22.1 Å². The highest BCUT2D eigenvalue weighted by Gasteiger charge is 2.39. The highest BCUT2D eigenvalue weighted by molar-refractivity contribution is 8.00. The smallest absolute Gasteiger partial charge is 0.240 e. The Morgan fingerprint density at radius 2 is 1.91 bits per heavy atom. The van der Waals surface area contributed by atoms with Crippen molar-refractivity contribution in [2.75, 3.05) is 58.6 Å². The first-order chi connectivity index (χ1) is 16.5. The average Bonchev–Trinajstić information content (AvgIpc) is 3.06. The van der Waals surface area contributed by atoms with Gasteiger partial charge in [-0.2, -0.15) is 5.10 Å². The van der Waals surface area contributed by atoms with E-state index in [-0.39, 0.29) is 34.8 Å². The lowest BCUT2D eigenvalue weighted by molar-refractivity contribution is -0.122. The molecule has 1 N–H and O–H groups in total. The van der Waals surface area contributed by atoms with E-state index in [1.165, 1.54) is 11.8 Å². The van der Waals surface area contributed by atoms with Crippen molar-refractivity contribution >= 4 is 29.4 Å². The van der Waals surface area contributed by atoms with E-state index >= 15 is 0 Å². The molecule has 1 aliphatic rings. The molecule has 10 heteroatoms. The maximum absolute atomic E-state index is 13.3. The summed E-state index contributed by atoms with van der Waals surface area (Å²) < 4.78 is 12.7. The number of ether oxygens (including phenoxy) is 2. The van der Waals surface area contributed by atoms with Gasteiger partial charge in [0, 0.05) is 31.1 Å². The molecule has 0 fully saturated rings. The molecule has 2 amide bonds. The summed E-state index contributed by atoms with van der Waals surface area (Å²) in [5.41, 5.74) is 2.56. The maximum Gasteiger partial charge on any atom is 0.240 e. The summed E-state index contributed by atoms with van der Waals surface area (Å²) in [4.78, 5) is 29.7. The number of aromatic nitrogens is 2. The monoisotopic (exact) mass is 503 g/mol. The molecule has 35 heavy (non-hydrogen) atoms. The molecule has 1 atom stereocenters. The van der Waals surface area contributed by atoms with Crippen LogP contribution < -0.4 is 19.7 Å². The number of amides is 2. The number of aryl methyl sites for hydroxylation is 1. The minimum atomic E-state index is -0.270. The maximum atomic E-state index is 13.3. The van der Waals surface area contributed by atoms with Crippen LogP contribution in [0.15, 0.2) is 18.2 Å². The fourth-order valence-corrected chi connectivity index (χ4v) is 5.33. The molecule has 0 spiro atoms. The van der Waals surface area contributed by atoms with Gasteiger partial charge in [-0.3, -0.25) is 19.2 Å².